The van der Waals surface area contributed by atoms with Crippen molar-refractivity contribution in [3.8, 4) is 5.75 Å². The summed E-state index contributed by atoms with van der Waals surface area (Å²) in [6.07, 6.45) is 6.08. The maximum absolute atomic E-state index is 5.73. The summed E-state index contributed by atoms with van der Waals surface area (Å²) in [5, 5.41) is 3.42. The highest BCUT2D eigenvalue weighted by Crippen LogP contribution is 2.26. The average Bonchev–Trinajstić information content (AvgIpc) is 2.34. The van der Waals surface area contributed by atoms with Crippen LogP contribution in [0.1, 0.15) is 38.2 Å². The van der Waals surface area contributed by atoms with Crippen molar-refractivity contribution in [2.24, 2.45) is 0 Å². The number of fused-ring (bicyclic) bond motifs is 1. The Kier molecular flexibility index (Phi) is 4.09. The number of aryl methyl sites for hydroxylation is 1. The van der Waals surface area contributed by atoms with E-state index in [9.17, 15) is 0 Å². The van der Waals surface area contributed by atoms with Gasteiger partial charge in [-0.15, -0.1) is 0 Å². The second kappa shape index (κ2) is 5.78. The fourth-order valence-corrected chi connectivity index (χ4v) is 2.07. The molecule has 0 atom stereocenters. The SMILES string of the molecule is CCCCCOc1ccc2c(c1)NCCC2. The molecule has 0 bridgehead atoms. The number of unbranched alkanes of at least 4 members (excludes halogenated alkanes) is 2. The molecule has 0 amide bonds. The predicted octanol–water partition coefficient (Wildman–Crippen LogP) is 3.61. The van der Waals surface area contributed by atoms with Crippen LogP contribution >= 0.6 is 0 Å². The zero-order chi connectivity index (χ0) is 11.2. The van der Waals surface area contributed by atoms with Crippen LogP contribution in [-0.4, -0.2) is 13.2 Å². The summed E-state index contributed by atoms with van der Waals surface area (Å²) in [6, 6.07) is 6.43. The summed E-state index contributed by atoms with van der Waals surface area (Å²) >= 11 is 0. The van der Waals surface area contributed by atoms with E-state index in [0.717, 1.165) is 25.3 Å². The minimum atomic E-state index is 0.840. The molecule has 0 saturated heterocycles. The Morgan fingerprint density at radius 3 is 3.12 bits per heavy atom. The van der Waals surface area contributed by atoms with Gasteiger partial charge in [0.15, 0.2) is 0 Å². The van der Waals surface area contributed by atoms with Crippen molar-refractivity contribution < 1.29 is 4.74 Å². The first-order valence-corrected chi connectivity index (χ1v) is 6.40. The molecule has 2 rings (SSSR count). The number of rotatable bonds is 5. The maximum atomic E-state index is 5.73. The Morgan fingerprint density at radius 2 is 2.25 bits per heavy atom. The molecule has 16 heavy (non-hydrogen) atoms. The number of ether oxygens (including phenoxy) is 1. The molecule has 1 aromatic carbocycles. The lowest BCUT2D eigenvalue weighted by Crippen LogP contribution is -2.11. The monoisotopic (exact) mass is 219 g/mol. The number of hydrogen-bond donors (Lipinski definition) is 1. The van der Waals surface area contributed by atoms with Crippen LogP contribution in [0.4, 0.5) is 5.69 Å². The summed E-state index contributed by atoms with van der Waals surface area (Å²) in [4.78, 5) is 0. The van der Waals surface area contributed by atoms with Crippen LogP contribution in [0.25, 0.3) is 0 Å². The first-order valence-electron chi connectivity index (χ1n) is 6.40. The highest BCUT2D eigenvalue weighted by Gasteiger charge is 2.08. The lowest BCUT2D eigenvalue weighted by atomic mass is 10.0. The first kappa shape index (κ1) is 11.3. The molecule has 1 aliphatic heterocycles. The van der Waals surface area contributed by atoms with Gasteiger partial charge in [0.2, 0.25) is 0 Å². The van der Waals surface area contributed by atoms with E-state index in [4.69, 9.17) is 4.74 Å². The predicted molar refractivity (Wildman–Crippen MR) is 68.3 cm³/mol. The van der Waals surface area contributed by atoms with Crippen LogP contribution in [0.5, 0.6) is 5.75 Å². The van der Waals surface area contributed by atoms with Gasteiger partial charge >= 0.3 is 0 Å². The Labute approximate surface area is 98.0 Å². The van der Waals surface area contributed by atoms with Crippen molar-refractivity contribution in [1.82, 2.24) is 0 Å². The third kappa shape index (κ3) is 2.91. The van der Waals surface area contributed by atoms with Gasteiger partial charge in [0.25, 0.3) is 0 Å². The lowest BCUT2D eigenvalue weighted by Gasteiger charge is -2.18. The Balaban J connectivity index is 1.90. The van der Waals surface area contributed by atoms with E-state index < -0.39 is 0 Å². The van der Waals surface area contributed by atoms with Gasteiger partial charge in [-0.2, -0.15) is 0 Å². The van der Waals surface area contributed by atoms with Gasteiger partial charge < -0.3 is 10.1 Å². The molecule has 0 radical (unpaired) electrons. The van der Waals surface area contributed by atoms with Crippen LogP contribution in [0.3, 0.4) is 0 Å². The van der Waals surface area contributed by atoms with E-state index in [0.29, 0.717) is 0 Å². The fraction of sp³-hybridized carbons (Fsp3) is 0.571. The van der Waals surface area contributed by atoms with Gasteiger partial charge in [-0.1, -0.05) is 25.8 Å². The normalized spacial score (nSPS) is 14.1. The van der Waals surface area contributed by atoms with E-state index in [1.54, 1.807) is 0 Å². The summed E-state index contributed by atoms with van der Waals surface area (Å²) in [6.45, 7) is 4.14. The fourth-order valence-electron chi connectivity index (χ4n) is 2.07. The third-order valence-corrected chi connectivity index (χ3v) is 3.04. The lowest BCUT2D eigenvalue weighted by molar-refractivity contribution is 0.306. The molecule has 0 unspecified atom stereocenters. The molecule has 1 aliphatic rings. The molecule has 0 spiro atoms. The maximum Gasteiger partial charge on any atom is 0.121 e. The summed E-state index contributed by atoms with van der Waals surface area (Å²) < 4.78 is 5.73. The van der Waals surface area contributed by atoms with Crippen molar-refractivity contribution >= 4 is 5.69 Å². The first-order chi connectivity index (χ1) is 7.90. The summed E-state index contributed by atoms with van der Waals surface area (Å²) in [7, 11) is 0. The van der Waals surface area contributed by atoms with Crippen molar-refractivity contribution in [2.75, 3.05) is 18.5 Å². The number of anilines is 1. The minimum Gasteiger partial charge on any atom is -0.494 e. The Hall–Kier alpha value is -1.18. The van der Waals surface area contributed by atoms with Crippen molar-refractivity contribution in [3.63, 3.8) is 0 Å². The van der Waals surface area contributed by atoms with Crippen molar-refractivity contribution in [1.29, 1.82) is 0 Å². The molecule has 0 aliphatic carbocycles. The second-order valence-corrected chi connectivity index (χ2v) is 4.40. The minimum absolute atomic E-state index is 0.840. The second-order valence-electron chi connectivity index (χ2n) is 4.40. The van der Waals surface area contributed by atoms with Gasteiger partial charge in [-0.25, -0.2) is 0 Å². The van der Waals surface area contributed by atoms with Gasteiger partial charge in [0.1, 0.15) is 5.75 Å². The Morgan fingerprint density at radius 1 is 1.31 bits per heavy atom. The molecule has 1 heterocycles. The van der Waals surface area contributed by atoms with Crippen molar-refractivity contribution in [3.05, 3.63) is 23.8 Å². The average molecular weight is 219 g/mol. The van der Waals surface area contributed by atoms with Gasteiger partial charge in [0.05, 0.1) is 6.61 Å². The number of nitrogens with one attached hydrogen (secondary N) is 1. The van der Waals surface area contributed by atoms with Gasteiger partial charge in [-0.05, 0) is 30.9 Å². The van der Waals surface area contributed by atoms with E-state index in [-0.39, 0.29) is 0 Å². The molecule has 1 N–H and O–H groups in total. The van der Waals surface area contributed by atoms with Crippen LogP contribution in [-0.2, 0) is 6.42 Å². The number of hydrogen-bond acceptors (Lipinski definition) is 2. The smallest absolute Gasteiger partial charge is 0.121 e. The highest BCUT2D eigenvalue weighted by atomic mass is 16.5. The molecule has 0 saturated carbocycles. The molecular formula is C14H21NO. The van der Waals surface area contributed by atoms with Crippen LogP contribution in [0.2, 0.25) is 0 Å². The quantitative estimate of drug-likeness (QED) is 0.764. The zero-order valence-corrected chi connectivity index (χ0v) is 10.1. The largest absolute Gasteiger partial charge is 0.494 e. The van der Waals surface area contributed by atoms with Crippen molar-refractivity contribution in [2.45, 2.75) is 39.0 Å². The standard InChI is InChI=1S/C14H21NO/c1-2-3-4-10-16-13-8-7-12-6-5-9-15-14(12)11-13/h7-8,11,15H,2-6,9-10H2,1H3. The number of benzene rings is 1. The molecule has 0 aromatic heterocycles. The summed E-state index contributed by atoms with van der Waals surface area (Å²) in [5.74, 6) is 1.00. The molecule has 88 valence electrons. The zero-order valence-electron chi connectivity index (χ0n) is 10.1. The topological polar surface area (TPSA) is 21.3 Å². The van der Waals surface area contributed by atoms with E-state index >= 15 is 0 Å². The molecule has 2 heteroatoms. The van der Waals surface area contributed by atoms with Crippen LogP contribution < -0.4 is 10.1 Å². The molecule has 2 nitrogen and oxygen atoms in total. The van der Waals surface area contributed by atoms with Crippen LogP contribution in [0, 0.1) is 0 Å². The van der Waals surface area contributed by atoms with Gasteiger partial charge in [-0.3, -0.25) is 0 Å². The van der Waals surface area contributed by atoms with E-state index in [1.807, 2.05) is 0 Å². The Bertz CT molecular complexity index is 336. The summed E-state index contributed by atoms with van der Waals surface area (Å²) in [5.41, 5.74) is 2.69. The third-order valence-electron chi connectivity index (χ3n) is 3.04. The molecule has 0 fully saturated rings. The van der Waals surface area contributed by atoms with Crippen LogP contribution in [0.15, 0.2) is 18.2 Å². The van der Waals surface area contributed by atoms with E-state index in [1.165, 1.54) is 36.9 Å². The van der Waals surface area contributed by atoms with E-state index in [2.05, 4.69) is 30.4 Å². The highest BCUT2D eigenvalue weighted by molar-refractivity contribution is 5.56. The molecule has 1 aromatic rings. The molecular weight excluding hydrogens is 198 g/mol. The van der Waals surface area contributed by atoms with Gasteiger partial charge in [0, 0.05) is 18.3 Å².